The minimum absolute atomic E-state index is 0.0397. The van der Waals surface area contributed by atoms with Gasteiger partial charge in [-0.1, -0.05) is 61.6 Å². The highest BCUT2D eigenvalue weighted by molar-refractivity contribution is 9.39. The fraction of sp³-hybridized carbons (Fsp3) is 0.833. The molecule has 2 N–H and O–H groups in total. The minimum Gasteiger partial charge on any atom is -0.370 e. The van der Waals surface area contributed by atoms with Crippen LogP contribution in [0.1, 0.15) is 33.6 Å². The van der Waals surface area contributed by atoms with Gasteiger partial charge < -0.3 is 10.4 Å². The number of aliphatic hydroxyl groups excluding tert-OH is 1. The van der Waals surface area contributed by atoms with Gasteiger partial charge in [-0.2, -0.15) is 0 Å². The van der Waals surface area contributed by atoms with Crippen LogP contribution in [0.15, 0.2) is 0 Å². The molecule has 0 unspecified atom stereocenters. The lowest BCUT2D eigenvalue weighted by Gasteiger charge is -2.51. The summed E-state index contributed by atoms with van der Waals surface area (Å²) in [7, 11) is 0. The summed E-state index contributed by atoms with van der Waals surface area (Å²) in [6.45, 7) is 5.63. The Balaban J connectivity index is 2.50. The van der Waals surface area contributed by atoms with Crippen LogP contribution in [0.5, 0.6) is 0 Å². The number of nitrogens with one attached hydrogen (secondary N) is 1. The van der Waals surface area contributed by atoms with E-state index in [0.29, 0.717) is 6.42 Å². The van der Waals surface area contributed by atoms with Gasteiger partial charge in [0, 0.05) is 12.3 Å². The van der Waals surface area contributed by atoms with E-state index in [1.54, 1.807) is 6.92 Å². The van der Waals surface area contributed by atoms with E-state index in [2.05, 4.69) is 53.1 Å². The summed E-state index contributed by atoms with van der Waals surface area (Å²) in [6.07, 6.45) is -0.0306. The van der Waals surface area contributed by atoms with E-state index in [9.17, 15) is 14.7 Å². The van der Waals surface area contributed by atoms with Gasteiger partial charge in [0.15, 0.2) is 8.37 Å². The molecule has 0 heterocycles. The first-order valence-electron chi connectivity index (χ1n) is 6.01. The molecule has 1 fully saturated rings. The molecule has 4 nitrogen and oxygen atoms in total. The number of carbonyl (C=O) groups excluding carboxylic acids is 2. The van der Waals surface area contributed by atoms with Crippen molar-refractivity contribution in [3.8, 4) is 0 Å². The molecule has 1 amide bonds. The Morgan fingerprint density at radius 1 is 1.42 bits per heavy atom. The standard InChI is InChI=1S/C12H18Br3NO3/c1-6(17)8-4-7(11(8,2)3)5-9(18)16-10(19)12(13,14)15/h7-8,10,19H,4-5H2,1-3H3,(H,16,18)/t7-,8+,10+/m0/s1. The summed E-state index contributed by atoms with van der Waals surface area (Å²) in [5, 5.41) is 12.2. The van der Waals surface area contributed by atoms with E-state index < -0.39 is 8.37 Å². The quantitative estimate of drug-likeness (QED) is 0.497. The number of aliphatic hydroxyl groups is 1. The van der Waals surface area contributed by atoms with E-state index in [4.69, 9.17) is 0 Å². The maximum atomic E-state index is 11.8. The molecule has 1 saturated carbocycles. The zero-order valence-electron chi connectivity index (χ0n) is 11.0. The Kier molecular flexibility index (Phi) is 5.66. The third-order valence-electron chi connectivity index (χ3n) is 4.00. The Hall–Kier alpha value is 0.540. The number of hydrogen-bond donors (Lipinski definition) is 2. The lowest BCUT2D eigenvalue weighted by Crippen LogP contribution is -2.51. The van der Waals surface area contributed by atoms with E-state index in [-0.39, 0.29) is 28.9 Å². The molecule has 0 radical (unpaired) electrons. The van der Waals surface area contributed by atoms with E-state index in [1.807, 2.05) is 13.8 Å². The minimum atomic E-state index is -1.09. The largest absolute Gasteiger partial charge is 0.370 e. The zero-order valence-corrected chi connectivity index (χ0v) is 15.8. The first kappa shape index (κ1) is 17.6. The topological polar surface area (TPSA) is 66.4 Å². The van der Waals surface area contributed by atoms with Gasteiger partial charge in [-0.05, 0) is 24.7 Å². The van der Waals surface area contributed by atoms with Crippen LogP contribution in [0.2, 0.25) is 0 Å². The molecule has 0 saturated heterocycles. The number of amides is 1. The molecule has 1 rings (SSSR count). The highest BCUT2D eigenvalue weighted by Gasteiger charge is 2.50. The molecule has 1 aliphatic carbocycles. The maximum absolute atomic E-state index is 11.8. The van der Waals surface area contributed by atoms with Crippen LogP contribution in [-0.4, -0.2) is 25.2 Å². The van der Waals surface area contributed by atoms with Crippen LogP contribution in [0.25, 0.3) is 0 Å². The van der Waals surface area contributed by atoms with Crippen LogP contribution in [0.3, 0.4) is 0 Å². The van der Waals surface area contributed by atoms with Crippen molar-refractivity contribution in [1.29, 1.82) is 0 Å². The van der Waals surface area contributed by atoms with Crippen LogP contribution in [-0.2, 0) is 9.59 Å². The van der Waals surface area contributed by atoms with Crippen LogP contribution < -0.4 is 5.32 Å². The lowest BCUT2D eigenvalue weighted by molar-refractivity contribution is -0.141. The van der Waals surface area contributed by atoms with Crippen molar-refractivity contribution >= 4 is 59.5 Å². The van der Waals surface area contributed by atoms with Crippen molar-refractivity contribution in [2.45, 2.75) is 42.0 Å². The average molecular weight is 464 g/mol. The summed E-state index contributed by atoms with van der Waals surface area (Å²) in [5.74, 6) is 0.166. The van der Waals surface area contributed by atoms with Gasteiger partial charge in [0.05, 0.1) is 0 Å². The third kappa shape index (κ3) is 4.25. The molecule has 0 bridgehead atoms. The molecule has 0 spiro atoms. The molecule has 0 aromatic heterocycles. The summed E-state index contributed by atoms with van der Waals surface area (Å²) in [5.41, 5.74) is -0.150. The number of alkyl halides is 3. The second kappa shape index (κ2) is 6.12. The number of ketones is 1. The fourth-order valence-electron chi connectivity index (χ4n) is 2.57. The van der Waals surface area contributed by atoms with Crippen molar-refractivity contribution in [1.82, 2.24) is 5.32 Å². The molecule has 0 aliphatic heterocycles. The highest BCUT2D eigenvalue weighted by atomic mass is 80.0. The summed E-state index contributed by atoms with van der Waals surface area (Å²) in [6, 6.07) is 0. The predicted molar refractivity (Wildman–Crippen MR) is 84.3 cm³/mol. The molecule has 19 heavy (non-hydrogen) atoms. The van der Waals surface area contributed by atoms with Gasteiger partial charge in [-0.15, -0.1) is 0 Å². The second-order valence-electron chi connectivity index (χ2n) is 5.63. The normalized spacial score (nSPS) is 27.3. The van der Waals surface area contributed by atoms with E-state index >= 15 is 0 Å². The molecule has 1 aliphatic rings. The fourth-order valence-corrected chi connectivity index (χ4v) is 2.91. The van der Waals surface area contributed by atoms with Gasteiger partial charge in [0.1, 0.15) is 5.78 Å². The van der Waals surface area contributed by atoms with Crippen molar-refractivity contribution in [3.63, 3.8) is 0 Å². The molecule has 0 aromatic rings. The second-order valence-corrected chi connectivity index (χ2v) is 12.6. The Morgan fingerprint density at radius 2 is 1.95 bits per heavy atom. The summed E-state index contributed by atoms with van der Waals surface area (Å²) in [4.78, 5) is 23.3. The van der Waals surface area contributed by atoms with Gasteiger partial charge in [-0.3, -0.25) is 9.59 Å². The van der Waals surface area contributed by atoms with Crippen LogP contribution >= 0.6 is 47.8 Å². The van der Waals surface area contributed by atoms with Gasteiger partial charge in [0.25, 0.3) is 0 Å². The predicted octanol–water partition coefficient (Wildman–Crippen LogP) is 2.90. The highest BCUT2D eigenvalue weighted by Crippen LogP contribution is 2.53. The van der Waals surface area contributed by atoms with Crippen molar-refractivity contribution < 1.29 is 14.7 Å². The van der Waals surface area contributed by atoms with Crippen molar-refractivity contribution in [3.05, 3.63) is 0 Å². The third-order valence-corrected chi connectivity index (χ3v) is 5.30. The average Bonchev–Trinajstić information content (AvgIpc) is 2.21. The number of halogens is 3. The molecular formula is C12H18Br3NO3. The van der Waals surface area contributed by atoms with E-state index in [0.717, 1.165) is 6.42 Å². The van der Waals surface area contributed by atoms with Gasteiger partial charge >= 0.3 is 0 Å². The molecular weight excluding hydrogens is 446 g/mol. The Labute approximate surface area is 138 Å². The summed E-state index contributed by atoms with van der Waals surface area (Å²) >= 11 is 9.43. The monoisotopic (exact) mass is 461 g/mol. The molecule has 3 atom stereocenters. The number of hydrogen-bond acceptors (Lipinski definition) is 3. The number of Topliss-reactive ketones (excluding diaryl/α,β-unsaturated/α-hetero) is 1. The smallest absolute Gasteiger partial charge is 0.222 e. The van der Waals surface area contributed by atoms with Crippen molar-refractivity contribution in [2.24, 2.45) is 17.3 Å². The van der Waals surface area contributed by atoms with Crippen LogP contribution in [0.4, 0.5) is 0 Å². The van der Waals surface area contributed by atoms with E-state index in [1.165, 1.54) is 0 Å². The maximum Gasteiger partial charge on any atom is 0.222 e. The van der Waals surface area contributed by atoms with Crippen molar-refractivity contribution in [2.75, 3.05) is 0 Å². The lowest BCUT2D eigenvalue weighted by atomic mass is 9.52. The summed E-state index contributed by atoms with van der Waals surface area (Å²) < 4.78 is -0.931. The molecule has 110 valence electrons. The van der Waals surface area contributed by atoms with Crippen LogP contribution in [0, 0.1) is 17.3 Å². The zero-order chi connectivity index (χ0) is 15.0. The first-order valence-corrected chi connectivity index (χ1v) is 8.38. The number of rotatable bonds is 4. The number of carbonyl (C=O) groups is 2. The Morgan fingerprint density at radius 3 is 2.32 bits per heavy atom. The molecule has 0 aromatic carbocycles. The SMILES string of the molecule is CC(=O)[C@H]1C[C@@H](CC(=O)N[C@H](O)C(Br)(Br)Br)C1(C)C. The van der Waals surface area contributed by atoms with Gasteiger partial charge in [0.2, 0.25) is 5.91 Å². The first-order chi connectivity index (χ1) is 8.46. The Bertz CT molecular complexity index is 379. The van der Waals surface area contributed by atoms with Gasteiger partial charge in [-0.25, -0.2) is 0 Å². The molecule has 7 heteroatoms.